The van der Waals surface area contributed by atoms with Gasteiger partial charge < -0.3 is 10.3 Å². The van der Waals surface area contributed by atoms with E-state index in [1.807, 2.05) is 6.92 Å². The van der Waals surface area contributed by atoms with Gasteiger partial charge in [0.15, 0.2) is 5.82 Å². The normalized spacial score (nSPS) is 23.1. The number of nitrogens with zero attached hydrogens (tertiary/aromatic N) is 3. The van der Waals surface area contributed by atoms with Crippen molar-refractivity contribution < 1.29 is 4.52 Å². The molecule has 5 heteroatoms. The highest BCUT2D eigenvalue weighted by Gasteiger charge is 2.24. The summed E-state index contributed by atoms with van der Waals surface area (Å²) >= 11 is 0. The highest BCUT2D eigenvalue weighted by molar-refractivity contribution is 4.87. The maximum atomic E-state index is 5.67. The Morgan fingerprint density at radius 2 is 2.50 bits per heavy atom. The first-order chi connectivity index (χ1) is 6.79. The average molecular weight is 196 g/mol. The molecule has 1 aliphatic rings. The summed E-state index contributed by atoms with van der Waals surface area (Å²) in [6, 6.07) is 0.488. The predicted molar refractivity (Wildman–Crippen MR) is 51.5 cm³/mol. The second-order valence-corrected chi connectivity index (χ2v) is 3.74. The topological polar surface area (TPSA) is 68.2 Å². The van der Waals surface area contributed by atoms with Crippen molar-refractivity contribution in [2.45, 2.75) is 32.4 Å². The van der Waals surface area contributed by atoms with Gasteiger partial charge in [-0.2, -0.15) is 4.98 Å². The zero-order valence-corrected chi connectivity index (χ0v) is 8.44. The van der Waals surface area contributed by atoms with Crippen LogP contribution in [0.25, 0.3) is 0 Å². The third-order valence-corrected chi connectivity index (χ3v) is 2.68. The smallest absolute Gasteiger partial charge is 0.240 e. The summed E-state index contributed by atoms with van der Waals surface area (Å²) in [5.74, 6) is 1.39. The van der Waals surface area contributed by atoms with Crippen LogP contribution in [0.5, 0.6) is 0 Å². The van der Waals surface area contributed by atoms with Gasteiger partial charge >= 0.3 is 0 Å². The van der Waals surface area contributed by atoms with Crippen LogP contribution >= 0.6 is 0 Å². The molecule has 1 aromatic heterocycles. The Morgan fingerprint density at radius 3 is 3.14 bits per heavy atom. The zero-order valence-electron chi connectivity index (χ0n) is 8.44. The van der Waals surface area contributed by atoms with Crippen molar-refractivity contribution >= 4 is 0 Å². The quantitative estimate of drug-likeness (QED) is 0.753. The summed E-state index contributed by atoms with van der Waals surface area (Å²) in [5, 5.41) is 3.77. The van der Waals surface area contributed by atoms with Gasteiger partial charge in [-0.25, -0.2) is 0 Å². The SMILES string of the molecule is Cc1noc(CN2CCCC2CN)n1. The van der Waals surface area contributed by atoms with Crippen molar-refractivity contribution in [1.82, 2.24) is 15.0 Å². The Bertz CT molecular complexity index is 299. The highest BCUT2D eigenvalue weighted by Crippen LogP contribution is 2.18. The zero-order chi connectivity index (χ0) is 9.97. The fraction of sp³-hybridized carbons (Fsp3) is 0.778. The standard InChI is InChI=1S/C9H16N4O/c1-7-11-9(14-12-7)6-13-4-2-3-8(13)5-10/h8H,2-6,10H2,1H3. The lowest BCUT2D eigenvalue weighted by molar-refractivity contribution is 0.214. The van der Waals surface area contributed by atoms with Gasteiger partial charge in [0.1, 0.15) is 0 Å². The monoisotopic (exact) mass is 196 g/mol. The number of likely N-dealkylation sites (tertiary alicyclic amines) is 1. The molecule has 1 atom stereocenters. The number of hydrogen-bond donors (Lipinski definition) is 1. The third-order valence-electron chi connectivity index (χ3n) is 2.68. The number of rotatable bonds is 3. The largest absolute Gasteiger partial charge is 0.338 e. The van der Waals surface area contributed by atoms with Crippen LogP contribution in [0.3, 0.4) is 0 Å². The third kappa shape index (κ3) is 1.93. The first kappa shape index (κ1) is 9.61. The van der Waals surface area contributed by atoms with E-state index >= 15 is 0 Å². The summed E-state index contributed by atoms with van der Waals surface area (Å²) in [7, 11) is 0. The van der Waals surface area contributed by atoms with E-state index in [0.29, 0.717) is 24.3 Å². The van der Waals surface area contributed by atoms with Crippen molar-refractivity contribution in [1.29, 1.82) is 0 Å². The van der Waals surface area contributed by atoms with Gasteiger partial charge in [0.25, 0.3) is 0 Å². The van der Waals surface area contributed by atoms with E-state index in [2.05, 4.69) is 15.0 Å². The molecule has 1 unspecified atom stereocenters. The fourth-order valence-electron chi connectivity index (χ4n) is 1.95. The second kappa shape index (κ2) is 4.06. The Kier molecular flexibility index (Phi) is 2.79. The van der Waals surface area contributed by atoms with Gasteiger partial charge in [0.2, 0.25) is 5.89 Å². The van der Waals surface area contributed by atoms with Crippen LogP contribution in [0.2, 0.25) is 0 Å². The molecule has 0 radical (unpaired) electrons. The Labute approximate surface area is 83.3 Å². The first-order valence-electron chi connectivity index (χ1n) is 5.03. The molecule has 78 valence electrons. The molecule has 2 heterocycles. The van der Waals surface area contributed by atoms with Crippen LogP contribution in [0.15, 0.2) is 4.52 Å². The molecular weight excluding hydrogens is 180 g/mol. The van der Waals surface area contributed by atoms with Gasteiger partial charge in [-0.15, -0.1) is 0 Å². The number of aryl methyl sites for hydroxylation is 1. The van der Waals surface area contributed by atoms with E-state index < -0.39 is 0 Å². The van der Waals surface area contributed by atoms with Gasteiger partial charge in [0, 0.05) is 12.6 Å². The molecule has 14 heavy (non-hydrogen) atoms. The van der Waals surface area contributed by atoms with Gasteiger partial charge in [-0.1, -0.05) is 5.16 Å². The van der Waals surface area contributed by atoms with Crippen molar-refractivity contribution in [3.63, 3.8) is 0 Å². The van der Waals surface area contributed by atoms with Crippen molar-refractivity contribution in [3.8, 4) is 0 Å². The minimum absolute atomic E-state index is 0.488. The van der Waals surface area contributed by atoms with Crippen LogP contribution in [-0.4, -0.2) is 34.2 Å². The summed E-state index contributed by atoms with van der Waals surface area (Å²) in [6.45, 7) is 4.37. The lowest BCUT2D eigenvalue weighted by Crippen LogP contribution is -2.34. The molecular formula is C9H16N4O. The van der Waals surface area contributed by atoms with E-state index in [1.54, 1.807) is 0 Å². The Hall–Kier alpha value is -0.940. The van der Waals surface area contributed by atoms with Gasteiger partial charge in [-0.05, 0) is 26.3 Å². The molecule has 1 saturated heterocycles. The Morgan fingerprint density at radius 1 is 1.64 bits per heavy atom. The maximum absolute atomic E-state index is 5.67. The lowest BCUT2D eigenvalue weighted by atomic mass is 10.2. The molecule has 1 aromatic rings. The molecule has 2 N–H and O–H groups in total. The van der Waals surface area contributed by atoms with Gasteiger partial charge in [0.05, 0.1) is 6.54 Å². The summed E-state index contributed by atoms with van der Waals surface area (Å²) in [4.78, 5) is 6.50. The van der Waals surface area contributed by atoms with E-state index in [0.717, 1.165) is 13.1 Å². The fourth-order valence-corrected chi connectivity index (χ4v) is 1.95. The summed E-state index contributed by atoms with van der Waals surface area (Å²) in [6.07, 6.45) is 2.40. The lowest BCUT2D eigenvalue weighted by Gasteiger charge is -2.20. The van der Waals surface area contributed by atoms with Crippen molar-refractivity contribution in [2.75, 3.05) is 13.1 Å². The minimum atomic E-state index is 0.488. The number of aromatic nitrogens is 2. The summed E-state index contributed by atoms with van der Waals surface area (Å²) < 4.78 is 5.08. The molecule has 0 bridgehead atoms. The predicted octanol–water partition coefficient (Wildman–Crippen LogP) is 0.301. The molecule has 0 saturated carbocycles. The van der Waals surface area contributed by atoms with Crippen molar-refractivity contribution in [3.05, 3.63) is 11.7 Å². The summed E-state index contributed by atoms with van der Waals surface area (Å²) in [5.41, 5.74) is 5.67. The maximum Gasteiger partial charge on any atom is 0.240 e. The van der Waals surface area contributed by atoms with Crippen LogP contribution in [-0.2, 0) is 6.54 Å². The van der Waals surface area contributed by atoms with Gasteiger partial charge in [-0.3, -0.25) is 4.90 Å². The molecule has 0 aliphatic carbocycles. The van der Waals surface area contributed by atoms with E-state index in [-0.39, 0.29) is 0 Å². The van der Waals surface area contributed by atoms with Crippen LogP contribution < -0.4 is 5.73 Å². The molecule has 0 amide bonds. The van der Waals surface area contributed by atoms with E-state index in [1.165, 1.54) is 12.8 Å². The first-order valence-corrected chi connectivity index (χ1v) is 5.03. The second-order valence-electron chi connectivity index (χ2n) is 3.74. The van der Waals surface area contributed by atoms with E-state index in [9.17, 15) is 0 Å². The molecule has 1 aliphatic heterocycles. The highest BCUT2D eigenvalue weighted by atomic mass is 16.5. The Balaban J connectivity index is 1.96. The number of nitrogens with two attached hydrogens (primary N) is 1. The average Bonchev–Trinajstić information content (AvgIpc) is 2.76. The van der Waals surface area contributed by atoms with E-state index in [4.69, 9.17) is 10.3 Å². The van der Waals surface area contributed by atoms with Crippen LogP contribution in [0.4, 0.5) is 0 Å². The number of hydrogen-bond acceptors (Lipinski definition) is 5. The van der Waals surface area contributed by atoms with Crippen LogP contribution in [0.1, 0.15) is 24.6 Å². The molecule has 1 fully saturated rings. The van der Waals surface area contributed by atoms with Crippen molar-refractivity contribution in [2.24, 2.45) is 5.73 Å². The molecule has 0 aromatic carbocycles. The molecule has 5 nitrogen and oxygen atoms in total. The minimum Gasteiger partial charge on any atom is -0.338 e. The molecule has 2 rings (SSSR count). The molecule has 0 spiro atoms. The van der Waals surface area contributed by atoms with Crippen LogP contribution in [0, 0.1) is 6.92 Å².